The number of nitrogens with zero attached hydrogens (tertiary/aromatic N) is 3. The molecule has 0 amide bonds. The molecule has 0 unspecified atom stereocenters. The topological polar surface area (TPSA) is 75.3 Å². The van der Waals surface area contributed by atoms with E-state index in [1.165, 1.54) is 4.90 Å². The number of aryl methyl sites for hydroxylation is 1. The van der Waals surface area contributed by atoms with Gasteiger partial charge >= 0.3 is 0 Å². The summed E-state index contributed by atoms with van der Waals surface area (Å²) in [5.74, 6) is 1.87. The Morgan fingerprint density at radius 3 is 2.60 bits per heavy atom. The van der Waals surface area contributed by atoms with Crippen LogP contribution in [0.4, 0.5) is 0 Å². The van der Waals surface area contributed by atoms with Crippen LogP contribution in [0.15, 0.2) is 43.1 Å². The normalized spacial score (nSPS) is 12.3. The van der Waals surface area contributed by atoms with Gasteiger partial charge < -0.3 is 15.2 Å². The van der Waals surface area contributed by atoms with Crippen molar-refractivity contribution in [3.8, 4) is 0 Å². The van der Waals surface area contributed by atoms with Gasteiger partial charge in [-0.3, -0.25) is 0 Å². The van der Waals surface area contributed by atoms with Crippen LogP contribution < -0.4 is 10.6 Å². The molecule has 0 aliphatic rings. The molecule has 8 heteroatoms. The molecule has 6 nitrogen and oxygen atoms in total. The molecule has 2 rings (SSSR count). The van der Waals surface area contributed by atoms with E-state index in [2.05, 4.69) is 79.8 Å². The van der Waals surface area contributed by atoms with Crippen LogP contribution >= 0.6 is 27.7 Å². The zero-order valence-electron chi connectivity index (χ0n) is 15.0. The Kier molecular flexibility index (Phi) is 7.31. The third-order valence-corrected chi connectivity index (χ3v) is 4.91. The predicted molar refractivity (Wildman–Crippen MR) is 106 cm³/mol. The molecule has 0 spiro atoms. The third kappa shape index (κ3) is 7.07. The van der Waals surface area contributed by atoms with Gasteiger partial charge in [-0.05, 0) is 52.0 Å². The van der Waals surface area contributed by atoms with Gasteiger partial charge in [0, 0.05) is 27.2 Å². The Hall–Kier alpha value is -1.54. The summed E-state index contributed by atoms with van der Waals surface area (Å²) in [5, 5.41) is 10.4. The van der Waals surface area contributed by atoms with Crippen molar-refractivity contribution in [1.82, 2.24) is 20.8 Å². The fourth-order valence-corrected chi connectivity index (χ4v) is 3.37. The highest BCUT2D eigenvalue weighted by Gasteiger charge is 2.20. The molecule has 25 heavy (non-hydrogen) atoms. The van der Waals surface area contributed by atoms with Crippen LogP contribution in [0.5, 0.6) is 0 Å². The zero-order valence-corrected chi connectivity index (χ0v) is 17.4. The molecular weight excluding hydrogens is 402 g/mol. The number of aromatic nitrogens is 2. The predicted octanol–water partition coefficient (Wildman–Crippen LogP) is 3.77. The summed E-state index contributed by atoms with van der Waals surface area (Å²) in [4.78, 5) is 9.90. The molecule has 136 valence electrons. The SMILES string of the molecule is CCNC(=NCc1nc(C)no1)NCC(C)(C)Sc1ccc(Br)cc1. The summed E-state index contributed by atoms with van der Waals surface area (Å²) >= 11 is 5.29. The maximum atomic E-state index is 5.10. The number of aliphatic imine (C=N–C) groups is 1. The molecular formula is C17H24BrN5OS. The number of benzene rings is 1. The van der Waals surface area contributed by atoms with E-state index in [4.69, 9.17) is 4.52 Å². The average molecular weight is 426 g/mol. The molecule has 0 aliphatic heterocycles. The highest BCUT2D eigenvalue weighted by atomic mass is 79.9. The summed E-state index contributed by atoms with van der Waals surface area (Å²) in [5.41, 5.74) is 0. The van der Waals surface area contributed by atoms with Gasteiger partial charge in [-0.2, -0.15) is 4.98 Å². The minimum Gasteiger partial charge on any atom is -0.357 e. The number of thioether (sulfide) groups is 1. The lowest BCUT2D eigenvalue weighted by Crippen LogP contribution is -2.43. The van der Waals surface area contributed by atoms with Crippen molar-refractivity contribution >= 4 is 33.7 Å². The Morgan fingerprint density at radius 2 is 2.00 bits per heavy atom. The molecule has 2 aromatic rings. The van der Waals surface area contributed by atoms with Gasteiger partial charge in [-0.25, -0.2) is 4.99 Å². The molecule has 0 fully saturated rings. The fourth-order valence-electron chi connectivity index (χ4n) is 2.05. The lowest BCUT2D eigenvalue weighted by Gasteiger charge is -2.25. The minimum atomic E-state index is 0.00506. The smallest absolute Gasteiger partial charge is 0.248 e. The number of hydrogen-bond acceptors (Lipinski definition) is 5. The second kappa shape index (κ2) is 9.24. The number of halogens is 1. The number of nitrogens with one attached hydrogen (secondary N) is 2. The van der Waals surface area contributed by atoms with E-state index in [-0.39, 0.29) is 4.75 Å². The Labute approximate surface area is 161 Å². The lowest BCUT2D eigenvalue weighted by atomic mass is 10.2. The van der Waals surface area contributed by atoms with Crippen LogP contribution in [-0.2, 0) is 6.54 Å². The summed E-state index contributed by atoms with van der Waals surface area (Å²) in [6.45, 7) is 10.2. The molecule has 0 atom stereocenters. The number of rotatable bonds is 7. The van der Waals surface area contributed by atoms with Crippen LogP contribution in [0.1, 0.15) is 32.5 Å². The number of hydrogen-bond donors (Lipinski definition) is 2. The zero-order chi connectivity index (χ0) is 18.3. The third-order valence-electron chi connectivity index (χ3n) is 3.18. The minimum absolute atomic E-state index is 0.00506. The quantitative estimate of drug-likeness (QED) is 0.399. The van der Waals surface area contributed by atoms with Gasteiger partial charge in [0.25, 0.3) is 0 Å². The van der Waals surface area contributed by atoms with Crippen molar-refractivity contribution in [2.45, 2.75) is 43.9 Å². The first kappa shape index (κ1) is 19.8. The van der Waals surface area contributed by atoms with E-state index in [1.807, 2.05) is 18.7 Å². The monoisotopic (exact) mass is 425 g/mol. The number of guanidine groups is 1. The second-order valence-corrected chi connectivity index (χ2v) is 8.80. The van der Waals surface area contributed by atoms with Crippen LogP contribution in [0, 0.1) is 6.92 Å². The van der Waals surface area contributed by atoms with Gasteiger partial charge in [0.15, 0.2) is 11.8 Å². The molecule has 0 saturated heterocycles. The maximum Gasteiger partial charge on any atom is 0.248 e. The molecule has 0 aliphatic carbocycles. The first-order chi connectivity index (χ1) is 11.9. The average Bonchev–Trinajstić information content (AvgIpc) is 2.98. The van der Waals surface area contributed by atoms with Crippen molar-refractivity contribution in [3.05, 3.63) is 40.5 Å². The summed E-state index contributed by atoms with van der Waals surface area (Å²) in [7, 11) is 0. The van der Waals surface area contributed by atoms with E-state index < -0.39 is 0 Å². The Bertz CT molecular complexity index is 699. The van der Waals surface area contributed by atoms with E-state index in [0.29, 0.717) is 18.3 Å². The highest BCUT2D eigenvalue weighted by Crippen LogP contribution is 2.32. The van der Waals surface area contributed by atoms with Gasteiger partial charge in [-0.1, -0.05) is 21.1 Å². The van der Waals surface area contributed by atoms with Gasteiger partial charge in [-0.15, -0.1) is 11.8 Å². The van der Waals surface area contributed by atoms with E-state index in [0.717, 1.165) is 23.5 Å². The maximum absolute atomic E-state index is 5.10. The summed E-state index contributed by atoms with van der Waals surface area (Å²) < 4.78 is 6.19. The van der Waals surface area contributed by atoms with Crippen LogP contribution in [0.3, 0.4) is 0 Å². The standard InChI is InChI=1S/C17H24BrN5OS/c1-5-19-16(20-10-15-22-12(2)23-24-15)21-11-17(3,4)25-14-8-6-13(18)7-9-14/h6-9H,5,10-11H2,1-4H3,(H2,19,20,21). The first-order valence-electron chi connectivity index (χ1n) is 8.14. The molecule has 2 N–H and O–H groups in total. The lowest BCUT2D eigenvalue weighted by molar-refractivity contribution is 0.376. The molecule has 1 aromatic heterocycles. The summed E-state index contributed by atoms with van der Waals surface area (Å²) in [6.07, 6.45) is 0. The largest absolute Gasteiger partial charge is 0.357 e. The first-order valence-corrected chi connectivity index (χ1v) is 9.75. The molecule has 0 saturated carbocycles. The Balaban J connectivity index is 1.92. The van der Waals surface area contributed by atoms with E-state index >= 15 is 0 Å². The Morgan fingerprint density at radius 1 is 1.28 bits per heavy atom. The fraction of sp³-hybridized carbons (Fsp3) is 0.471. The van der Waals surface area contributed by atoms with Crippen molar-refractivity contribution in [3.63, 3.8) is 0 Å². The van der Waals surface area contributed by atoms with Crippen LogP contribution in [-0.4, -0.2) is 33.9 Å². The highest BCUT2D eigenvalue weighted by molar-refractivity contribution is 9.10. The van der Waals surface area contributed by atoms with Crippen LogP contribution in [0.2, 0.25) is 0 Å². The van der Waals surface area contributed by atoms with Gasteiger partial charge in [0.2, 0.25) is 5.89 Å². The molecule has 0 radical (unpaired) electrons. The summed E-state index contributed by atoms with van der Waals surface area (Å²) in [6, 6.07) is 8.36. The van der Waals surface area contributed by atoms with Crippen molar-refractivity contribution in [2.75, 3.05) is 13.1 Å². The van der Waals surface area contributed by atoms with Gasteiger partial charge in [0.05, 0.1) is 0 Å². The molecule has 1 aromatic carbocycles. The van der Waals surface area contributed by atoms with Crippen molar-refractivity contribution < 1.29 is 4.52 Å². The van der Waals surface area contributed by atoms with Crippen LogP contribution in [0.25, 0.3) is 0 Å². The second-order valence-electron chi connectivity index (χ2n) is 6.10. The van der Waals surface area contributed by atoms with E-state index in [1.54, 1.807) is 6.92 Å². The van der Waals surface area contributed by atoms with Crippen molar-refractivity contribution in [1.29, 1.82) is 0 Å². The van der Waals surface area contributed by atoms with E-state index in [9.17, 15) is 0 Å². The molecule has 1 heterocycles. The van der Waals surface area contributed by atoms with Gasteiger partial charge in [0.1, 0.15) is 6.54 Å². The van der Waals surface area contributed by atoms with Crippen molar-refractivity contribution in [2.24, 2.45) is 4.99 Å². The molecule has 0 bridgehead atoms.